The number of hydrogen-bond acceptors (Lipinski definition) is 3. The van der Waals surface area contributed by atoms with E-state index in [9.17, 15) is 14.4 Å². The van der Waals surface area contributed by atoms with Gasteiger partial charge < -0.3 is 21.1 Å². The van der Waals surface area contributed by atoms with E-state index in [2.05, 4.69) is 16.0 Å². The molecule has 20 heavy (non-hydrogen) atoms. The fourth-order valence-corrected chi connectivity index (χ4v) is 1.48. The molecular formula is C13H25N3O4. The van der Waals surface area contributed by atoms with Gasteiger partial charge in [-0.3, -0.25) is 9.59 Å². The zero-order valence-corrected chi connectivity index (χ0v) is 12.0. The van der Waals surface area contributed by atoms with Crippen LogP contribution in [0.3, 0.4) is 0 Å². The van der Waals surface area contributed by atoms with E-state index in [0.29, 0.717) is 26.1 Å². The third kappa shape index (κ3) is 12.7. The summed E-state index contributed by atoms with van der Waals surface area (Å²) in [5.74, 6) is -0.863. The van der Waals surface area contributed by atoms with Crippen molar-refractivity contribution in [1.82, 2.24) is 16.0 Å². The van der Waals surface area contributed by atoms with Gasteiger partial charge in [0.2, 0.25) is 5.91 Å². The smallest absolute Gasteiger partial charge is 0.314 e. The van der Waals surface area contributed by atoms with Crippen LogP contribution in [-0.2, 0) is 9.59 Å². The molecule has 3 amide bonds. The van der Waals surface area contributed by atoms with E-state index in [1.165, 1.54) is 0 Å². The number of urea groups is 1. The molecule has 0 radical (unpaired) electrons. The van der Waals surface area contributed by atoms with Crippen LogP contribution < -0.4 is 16.0 Å². The fourth-order valence-electron chi connectivity index (χ4n) is 1.48. The van der Waals surface area contributed by atoms with Crippen LogP contribution in [0.1, 0.15) is 45.4 Å². The number of carbonyl (C=O) groups excluding carboxylic acids is 2. The van der Waals surface area contributed by atoms with E-state index in [1.54, 1.807) is 0 Å². The third-order valence-corrected chi connectivity index (χ3v) is 2.56. The van der Waals surface area contributed by atoms with Crippen molar-refractivity contribution in [3.63, 3.8) is 0 Å². The van der Waals surface area contributed by atoms with Gasteiger partial charge in [0.1, 0.15) is 0 Å². The Morgan fingerprint density at radius 1 is 0.850 bits per heavy atom. The predicted molar refractivity (Wildman–Crippen MR) is 75.4 cm³/mol. The van der Waals surface area contributed by atoms with Gasteiger partial charge in [-0.2, -0.15) is 0 Å². The van der Waals surface area contributed by atoms with Crippen molar-refractivity contribution in [3.05, 3.63) is 0 Å². The number of carboxylic acid groups (broad SMARTS) is 1. The lowest BCUT2D eigenvalue weighted by molar-refractivity contribution is -0.137. The Morgan fingerprint density at radius 2 is 1.55 bits per heavy atom. The number of hydrogen-bond donors (Lipinski definition) is 4. The lowest BCUT2D eigenvalue weighted by Gasteiger charge is -2.07. The molecular weight excluding hydrogens is 262 g/mol. The van der Waals surface area contributed by atoms with Gasteiger partial charge in [-0.05, 0) is 19.3 Å². The lowest BCUT2D eigenvalue weighted by atomic mass is 10.2. The monoisotopic (exact) mass is 287 g/mol. The van der Waals surface area contributed by atoms with Gasteiger partial charge in [-0.15, -0.1) is 0 Å². The maximum Gasteiger partial charge on any atom is 0.314 e. The number of unbranched alkanes of at least 4 members (excludes halogenated alkanes) is 2. The molecule has 0 unspecified atom stereocenters. The molecule has 7 heteroatoms. The highest BCUT2D eigenvalue weighted by molar-refractivity contribution is 5.78. The minimum absolute atomic E-state index is 0.0687. The van der Waals surface area contributed by atoms with E-state index in [1.807, 2.05) is 6.92 Å². The van der Waals surface area contributed by atoms with Crippen LogP contribution in [0.15, 0.2) is 0 Å². The van der Waals surface area contributed by atoms with E-state index >= 15 is 0 Å². The second kappa shape index (κ2) is 12.3. The summed E-state index contributed by atoms with van der Waals surface area (Å²) in [7, 11) is 0. The maximum atomic E-state index is 11.3. The third-order valence-electron chi connectivity index (χ3n) is 2.56. The van der Waals surface area contributed by atoms with Gasteiger partial charge in [-0.25, -0.2) is 4.79 Å². The van der Waals surface area contributed by atoms with E-state index in [-0.39, 0.29) is 24.8 Å². The Bertz CT molecular complexity index is 308. The first-order chi connectivity index (χ1) is 9.56. The Hall–Kier alpha value is -1.79. The summed E-state index contributed by atoms with van der Waals surface area (Å²) in [4.78, 5) is 32.8. The zero-order chi connectivity index (χ0) is 15.2. The number of rotatable bonds is 11. The van der Waals surface area contributed by atoms with Gasteiger partial charge in [0.15, 0.2) is 0 Å². The molecule has 0 saturated carbocycles. The number of nitrogens with one attached hydrogen (secondary N) is 3. The minimum Gasteiger partial charge on any atom is -0.481 e. The number of amides is 3. The van der Waals surface area contributed by atoms with E-state index in [0.717, 1.165) is 19.3 Å². The Balaban J connectivity index is 3.37. The number of carboxylic acids is 1. The molecule has 116 valence electrons. The summed E-state index contributed by atoms with van der Waals surface area (Å²) >= 11 is 0. The lowest BCUT2D eigenvalue weighted by Crippen LogP contribution is -2.38. The van der Waals surface area contributed by atoms with Gasteiger partial charge in [-0.1, -0.05) is 13.3 Å². The van der Waals surface area contributed by atoms with Crippen molar-refractivity contribution in [1.29, 1.82) is 0 Å². The largest absolute Gasteiger partial charge is 0.481 e. The molecule has 0 spiro atoms. The van der Waals surface area contributed by atoms with Crippen molar-refractivity contribution in [3.8, 4) is 0 Å². The fraction of sp³-hybridized carbons (Fsp3) is 0.769. The summed E-state index contributed by atoms with van der Waals surface area (Å²) in [5, 5.41) is 16.4. The van der Waals surface area contributed by atoms with Gasteiger partial charge in [0.25, 0.3) is 0 Å². The number of aliphatic carboxylic acids is 1. The molecule has 0 aromatic rings. The Morgan fingerprint density at radius 3 is 2.20 bits per heavy atom. The van der Waals surface area contributed by atoms with E-state index < -0.39 is 5.97 Å². The molecule has 0 aromatic carbocycles. The quantitative estimate of drug-likeness (QED) is 0.422. The maximum absolute atomic E-state index is 11.3. The van der Waals surface area contributed by atoms with Gasteiger partial charge in [0, 0.05) is 32.5 Å². The molecule has 7 nitrogen and oxygen atoms in total. The standard InChI is InChI=1S/C13H25N3O4/c1-2-8-14-11(17)7-10-16-13(20)15-9-5-3-4-6-12(18)19/h2-10H2,1H3,(H,14,17)(H,18,19)(H2,15,16,20). The predicted octanol–water partition coefficient (Wildman–Crippen LogP) is 0.847. The highest BCUT2D eigenvalue weighted by Gasteiger charge is 2.03. The molecule has 0 fully saturated rings. The molecule has 0 aliphatic carbocycles. The molecule has 0 aliphatic rings. The molecule has 0 atom stereocenters. The van der Waals surface area contributed by atoms with Crippen LogP contribution in [0.5, 0.6) is 0 Å². The van der Waals surface area contributed by atoms with Crippen molar-refractivity contribution < 1.29 is 19.5 Å². The molecule has 0 aliphatic heterocycles. The average Bonchev–Trinajstić information content (AvgIpc) is 2.40. The second-order valence-electron chi connectivity index (χ2n) is 4.49. The summed E-state index contributed by atoms with van der Waals surface area (Å²) in [6.07, 6.45) is 3.46. The summed E-state index contributed by atoms with van der Waals surface area (Å²) in [5.41, 5.74) is 0. The minimum atomic E-state index is -0.794. The highest BCUT2D eigenvalue weighted by Crippen LogP contribution is 1.98. The molecule has 0 heterocycles. The van der Waals surface area contributed by atoms with Crippen molar-refractivity contribution in [2.75, 3.05) is 19.6 Å². The molecule has 0 bridgehead atoms. The molecule has 0 aromatic heterocycles. The SMILES string of the molecule is CCCNC(=O)CCNC(=O)NCCCCCC(=O)O. The average molecular weight is 287 g/mol. The van der Waals surface area contributed by atoms with Crippen molar-refractivity contribution in [2.24, 2.45) is 0 Å². The highest BCUT2D eigenvalue weighted by atomic mass is 16.4. The molecule has 4 N–H and O–H groups in total. The van der Waals surface area contributed by atoms with Crippen LogP contribution >= 0.6 is 0 Å². The normalized spacial score (nSPS) is 9.85. The first-order valence-corrected chi connectivity index (χ1v) is 7.06. The van der Waals surface area contributed by atoms with Crippen LogP contribution in [0.2, 0.25) is 0 Å². The van der Waals surface area contributed by atoms with Gasteiger partial charge in [0.05, 0.1) is 0 Å². The van der Waals surface area contributed by atoms with E-state index in [4.69, 9.17) is 5.11 Å². The first kappa shape index (κ1) is 18.2. The van der Waals surface area contributed by atoms with Crippen LogP contribution in [-0.4, -0.2) is 42.6 Å². The van der Waals surface area contributed by atoms with Crippen LogP contribution in [0.25, 0.3) is 0 Å². The van der Waals surface area contributed by atoms with Crippen LogP contribution in [0, 0.1) is 0 Å². The Kier molecular flexibility index (Phi) is 11.2. The topological polar surface area (TPSA) is 108 Å². The zero-order valence-electron chi connectivity index (χ0n) is 12.0. The van der Waals surface area contributed by atoms with Crippen molar-refractivity contribution >= 4 is 17.9 Å². The summed E-state index contributed by atoms with van der Waals surface area (Å²) in [6.45, 7) is 3.44. The van der Waals surface area contributed by atoms with Gasteiger partial charge >= 0.3 is 12.0 Å². The summed E-state index contributed by atoms with van der Waals surface area (Å²) < 4.78 is 0. The summed E-state index contributed by atoms with van der Waals surface area (Å²) in [6, 6.07) is -0.300. The molecule has 0 rings (SSSR count). The number of carbonyl (C=O) groups is 3. The Labute approximate surface area is 119 Å². The van der Waals surface area contributed by atoms with Crippen LogP contribution in [0.4, 0.5) is 4.79 Å². The molecule has 0 saturated heterocycles. The van der Waals surface area contributed by atoms with Crippen molar-refractivity contribution in [2.45, 2.75) is 45.4 Å². The first-order valence-electron chi connectivity index (χ1n) is 7.06. The second-order valence-corrected chi connectivity index (χ2v) is 4.49.